The average Bonchev–Trinajstić information content (AvgIpc) is 2.46. The summed E-state index contributed by atoms with van der Waals surface area (Å²) in [4.78, 5) is 0. The Bertz CT molecular complexity index is 463. The SMILES string of the molecule is CNC(CCOCC(F)(F)F)c1cccc2c1OCCC2. The first kappa shape index (κ1) is 16.1. The van der Waals surface area contributed by atoms with Crippen molar-refractivity contribution in [3.63, 3.8) is 0 Å². The molecule has 0 saturated carbocycles. The van der Waals surface area contributed by atoms with Crippen molar-refractivity contribution < 1.29 is 22.6 Å². The van der Waals surface area contributed by atoms with Gasteiger partial charge in [0.05, 0.1) is 6.61 Å². The average molecular weight is 303 g/mol. The van der Waals surface area contributed by atoms with Crippen molar-refractivity contribution in [3.05, 3.63) is 29.3 Å². The normalized spacial score (nSPS) is 16.2. The third kappa shape index (κ3) is 4.61. The van der Waals surface area contributed by atoms with E-state index in [2.05, 4.69) is 5.32 Å². The molecule has 2 rings (SSSR count). The van der Waals surface area contributed by atoms with Crippen molar-refractivity contribution in [2.24, 2.45) is 0 Å². The number of para-hydroxylation sites is 1. The second-order valence-electron chi connectivity index (χ2n) is 5.09. The van der Waals surface area contributed by atoms with Gasteiger partial charge >= 0.3 is 6.18 Å². The Hall–Kier alpha value is -1.27. The molecule has 0 radical (unpaired) electrons. The molecule has 0 amide bonds. The molecule has 0 aliphatic carbocycles. The number of alkyl halides is 3. The number of halogens is 3. The van der Waals surface area contributed by atoms with Gasteiger partial charge in [0.25, 0.3) is 0 Å². The highest BCUT2D eigenvalue weighted by molar-refractivity contribution is 5.44. The fourth-order valence-corrected chi connectivity index (χ4v) is 2.53. The molecule has 0 bridgehead atoms. The highest BCUT2D eigenvalue weighted by Gasteiger charge is 2.27. The fraction of sp³-hybridized carbons (Fsp3) is 0.600. The summed E-state index contributed by atoms with van der Waals surface area (Å²) < 4.78 is 46.6. The van der Waals surface area contributed by atoms with E-state index in [1.807, 2.05) is 18.2 Å². The molecule has 0 saturated heterocycles. The van der Waals surface area contributed by atoms with E-state index in [4.69, 9.17) is 9.47 Å². The van der Waals surface area contributed by atoms with Crippen LogP contribution >= 0.6 is 0 Å². The lowest BCUT2D eigenvalue weighted by Gasteiger charge is -2.25. The van der Waals surface area contributed by atoms with Gasteiger partial charge in [-0.3, -0.25) is 0 Å². The molecule has 0 spiro atoms. The minimum atomic E-state index is -4.27. The smallest absolute Gasteiger partial charge is 0.411 e. The van der Waals surface area contributed by atoms with Gasteiger partial charge < -0.3 is 14.8 Å². The molecule has 1 unspecified atom stereocenters. The van der Waals surface area contributed by atoms with Crippen LogP contribution in [-0.2, 0) is 11.2 Å². The molecule has 3 nitrogen and oxygen atoms in total. The highest BCUT2D eigenvalue weighted by atomic mass is 19.4. The number of benzene rings is 1. The van der Waals surface area contributed by atoms with Crippen LogP contribution in [0, 0.1) is 0 Å². The highest BCUT2D eigenvalue weighted by Crippen LogP contribution is 2.34. The summed E-state index contributed by atoms with van der Waals surface area (Å²) in [6, 6.07) is 5.87. The molecule has 1 N–H and O–H groups in total. The molecule has 1 aromatic carbocycles. The van der Waals surface area contributed by atoms with Gasteiger partial charge in [-0.2, -0.15) is 13.2 Å². The van der Waals surface area contributed by atoms with Crippen LogP contribution in [-0.4, -0.2) is 33.0 Å². The molecule has 118 valence electrons. The van der Waals surface area contributed by atoms with Gasteiger partial charge in [0.1, 0.15) is 12.4 Å². The Balaban J connectivity index is 1.98. The molecule has 0 fully saturated rings. The Morgan fingerprint density at radius 2 is 2.19 bits per heavy atom. The van der Waals surface area contributed by atoms with Gasteiger partial charge in [0.2, 0.25) is 0 Å². The third-order valence-electron chi connectivity index (χ3n) is 3.50. The molecule has 0 aromatic heterocycles. The molecule has 1 aliphatic rings. The number of ether oxygens (including phenoxy) is 2. The molecular weight excluding hydrogens is 283 g/mol. The maximum absolute atomic E-state index is 12.0. The summed E-state index contributed by atoms with van der Waals surface area (Å²) in [5, 5.41) is 3.12. The minimum absolute atomic E-state index is 0.0503. The first-order chi connectivity index (χ1) is 10.0. The van der Waals surface area contributed by atoms with Crippen molar-refractivity contribution in [2.45, 2.75) is 31.5 Å². The van der Waals surface area contributed by atoms with Crippen LogP contribution in [0.1, 0.15) is 30.0 Å². The summed E-state index contributed by atoms with van der Waals surface area (Å²) in [7, 11) is 1.79. The van der Waals surface area contributed by atoms with Crippen molar-refractivity contribution in [3.8, 4) is 5.75 Å². The standard InChI is InChI=1S/C15H20F3NO2/c1-19-13(7-9-20-10-15(16,17)18)12-6-2-4-11-5-3-8-21-14(11)12/h2,4,6,13,19H,3,5,7-10H2,1H3. The van der Waals surface area contributed by atoms with Crippen molar-refractivity contribution in [2.75, 3.05) is 26.9 Å². The molecular formula is C15H20F3NO2. The first-order valence-electron chi connectivity index (χ1n) is 7.07. The summed E-state index contributed by atoms with van der Waals surface area (Å²) >= 11 is 0. The zero-order chi connectivity index (χ0) is 15.3. The maximum Gasteiger partial charge on any atom is 0.411 e. The van der Waals surface area contributed by atoms with E-state index in [1.165, 1.54) is 0 Å². The third-order valence-corrected chi connectivity index (χ3v) is 3.50. The van der Waals surface area contributed by atoms with E-state index in [1.54, 1.807) is 7.05 Å². The van der Waals surface area contributed by atoms with Crippen LogP contribution in [0.3, 0.4) is 0 Å². The van der Waals surface area contributed by atoms with Crippen LogP contribution in [0.2, 0.25) is 0 Å². The van der Waals surface area contributed by atoms with Crippen molar-refractivity contribution >= 4 is 0 Å². The maximum atomic E-state index is 12.0. The Morgan fingerprint density at radius 3 is 2.90 bits per heavy atom. The Kier molecular flexibility index (Phi) is 5.47. The van der Waals surface area contributed by atoms with Crippen molar-refractivity contribution in [1.82, 2.24) is 5.32 Å². The van der Waals surface area contributed by atoms with Crippen LogP contribution < -0.4 is 10.1 Å². The monoisotopic (exact) mass is 303 g/mol. The second kappa shape index (κ2) is 7.13. The van der Waals surface area contributed by atoms with Crippen LogP contribution in [0.4, 0.5) is 13.2 Å². The van der Waals surface area contributed by atoms with Crippen LogP contribution in [0.25, 0.3) is 0 Å². The second-order valence-corrected chi connectivity index (χ2v) is 5.09. The molecule has 1 aromatic rings. The molecule has 1 heterocycles. The minimum Gasteiger partial charge on any atom is -0.493 e. The van der Waals surface area contributed by atoms with Gasteiger partial charge in [0, 0.05) is 18.2 Å². The number of hydrogen-bond acceptors (Lipinski definition) is 3. The van der Waals surface area contributed by atoms with E-state index < -0.39 is 12.8 Å². The summed E-state index contributed by atoms with van der Waals surface area (Å²) in [5.41, 5.74) is 2.15. The number of hydrogen-bond donors (Lipinski definition) is 1. The van der Waals surface area contributed by atoms with Gasteiger partial charge in [-0.05, 0) is 31.9 Å². The van der Waals surface area contributed by atoms with E-state index in [-0.39, 0.29) is 12.6 Å². The Labute approximate surface area is 122 Å². The van der Waals surface area contributed by atoms with E-state index in [0.717, 1.165) is 29.7 Å². The van der Waals surface area contributed by atoms with Crippen LogP contribution in [0.5, 0.6) is 5.75 Å². The fourth-order valence-electron chi connectivity index (χ4n) is 2.53. The predicted octanol–water partition coefficient (Wildman–Crippen LogP) is 3.24. The molecule has 6 heteroatoms. The van der Waals surface area contributed by atoms with E-state index in [9.17, 15) is 13.2 Å². The predicted molar refractivity (Wildman–Crippen MR) is 73.5 cm³/mol. The molecule has 21 heavy (non-hydrogen) atoms. The lowest BCUT2D eigenvalue weighted by Crippen LogP contribution is -2.23. The number of fused-ring (bicyclic) bond motifs is 1. The van der Waals surface area contributed by atoms with Gasteiger partial charge in [0.15, 0.2) is 0 Å². The zero-order valence-corrected chi connectivity index (χ0v) is 12.0. The van der Waals surface area contributed by atoms with Crippen LogP contribution in [0.15, 0.2) is 18.2 Å². The summed E-state index contributed by atoms with van der Waals surface area (Å²) in [6.07, 6.45) is -1.84. The zero-order valence-electron chi connectivity index (χ0n) is 12.0. The van der Waals surface area contributed by atoms with Crippen molar-refractivity contribution in [1.29, 1.82) is 0 Å². The van der Waals surface area contributed by atoms with Gasteiger partial charge in [-0.25, -0.2) is 0 Å². The number of nitrogens with one attached hydrogen (secondary N) is 1. The quantitative estimate of drug-likeness (QED) is 0.818. The summed E-state index contributed by atoms with van der Waals surface area (Å²) in [5.74, 6) is 0.874. The lowest BCUT2D eigenvalue weighted by atomic mass is 9.96. The lowest BCUT2D eigenvalue weighted by molar-refractivity contribution is -0.174. The van der Waals surface area contributed by atoms with E-state index in [0.29, 0.717) is 13.0 Å². The largest absolute Gasteiger partial charge is 0.493 e. The topological polar surface area (TPSA) is 30.5 Å². The number of rotatable bonds is 6. The Morgan fingerprint density at radius 1 is 1.38 bits per heavy atom. The van der Waals surface area contributed by atoms with Gasteiger partial charge in [-0.1, -0.05) is 18.2 Å². The van der Waals surface area contributed by atoms with E-state index >= 15 is 0 Å². The first-order valence-corrected chi connectivity index (χ1v) is 7.07. The number of aryl methyl sites for hydroxylation is 1. The van der Waals surface area contributed by atoms with Gasteiger partial charge in [-0.15, -0.1) is 0 Å². The molecule has 1 atom stereocenters. The summed E-state index contributed by atoms with van der Waals surface area (Å²) in [6.45, 7) is -0.466. The molecule has 1 aliphatic heterocycles.